The van der Waals surface area contributed by atoms with Crippen LogP contribution in [0.4, 0.5) is 0 Å². The Morgan fingerprint density at radius 1 is 1.24 bits per heavy atom. The second-order valence-electron chi connectivity index (χ2n) is 6.91. The summed E-state index contributed by atoms with van der Waals surface area (Å²) in [6.07, 6.45) is 2.99. The molecule has 0 aromatic heterocycles. The molecule has 3 N–H and O–H groups in total. The van der Waals surface area contributed by atoms with E-state index in [4.69, 9.17) is 14.2 Å². The predicted molar refractivity (Wildman–Crippen MR) is 96.2 cm³/mol. The Kier molecular flexibility index (Phi) is 6.53. The molecule has 3 rings (SSSR count). The molecule has 1 aliphatic carbocycles. The summed E-state index contributed by atoms with van der Waals surface area (Å²) in [6.45, 7) is 3.04. The number of hydrogen-bond acceptors (Lipinski definition) is 6. The van der Waals surface area contributed by atoms with Gasteiger partial charge in [-0.05, 0) is 36.5 Å². The highest BCUT2D eigenvalue weighted by atomic mass is 16.5. The number of morpholine rings is 1. The number of rotatable bonds is 7. The van der Waals surface area contributed by atoms with Crippen LogP contribution in [0.25, 0.3) is 0 Å². The number of benzene rings is 1. The fourth-order valence-corrected chi connectivity index (χ4v) is 3.99. The Bertz CT molecular complexity index is 526. The summed E-state index contributed by atoms with van der Waals surface area (Å²) in [7, 11) is 3.23. The molecule has 1 saturated heterocycles. The molecule has 6 heteroatoms. The van der Waals surface area contributed by atoms with Crippen LogP contribution in [0.5, 0.6) is 11.5 Å². The number of nitrogens with one attached hydrogen (secondary N) is 2. The Labute approximate surface area is 149 Å². The summed E-state index contributed by atoms with van der Waals surface area (Å²) >= 11 is 0. The summed E-state index contributed by atoms with van der Waals surface area (Å²) in [5.74, 6) is 1.94. The molecular weight excluding hydrogens is 320 g/mol. The maximum atomic E-state index is 10.6. The lowest BCUT2D eigenvalue weighted by Crippen LogP contribution is -2.51. The summed E-state index contributed by atoms with van der Waals surface area (Å²) in [4.78, 5) is 0. The maximum absolute atomic E-state index is 10.6. The molecule has 25 heavy (non-hydrogen) atoms. The van der Waals surface area contributed by atoms with Crippen molar-refractivity contribution < 1.29 is 19.3 Å². The van der Waals surface area contributed by atoms with Gasteiger partial charge in [-0.25, -0.2) is 0 Å². The van der Waals surface area contributed by atoms with Crippen molar-refractivity contribution in [2.75, 3.05) is 40.5 Å². The Morgan fingerprint density at radius 2 is 2.00 bits per heavy atom. The molecule has 140 valence electrons. The van der Waals surface area contributed by atoms with Crippen molar-refractivity contribution in [1.29, 1.82) is 0 Å². The third-order valence-electron chi connectivity index (χ3n) is 5.37. The van der Waals surface area contributed by atoms with Crippen LogP contribution in [0.2, 0.25) is 0 Å². The lowest BCUT2D eigenvalue weighted by atomic mass is 9.93. The van der Waals surface area contributed by atoms with Gasteiger partial charge in [-0.1, -0.05) is 6.42 Å². The first kappa shape index (κ1) is 18.5. The van der Waals surface area contributed by atoms with E-state index in [0.29, 0.717) is 36.0 Å². The van der Waals surface area contributed by atoms with Crippen molar-refractivity contribution in [2.24, 2.45) is 5.92 Å². The predicted octanol–water partition coefficient (Wildman–Crippen LogP) is 1.48. The first-order valence-electron chi connectivity index (χ1n) is 9.17. The lowest BCUT2D eigenvalue weighted by Gasteiger charge is -2.33. The van der Waals surface area contributed by atoms with E-state index in [9.17, 15) is 5.11 Å². The van der Waals surface area contributed by atoms with Crippen LogP contribution in [0.15, 0.2) is 18.2 Å². The second-order valence-corrected chi connectivity index (χ2v) is 6.91. The largest absolute Gasteiger partial charge is 0.497 e. The average molecular weight is 350 g/mol. The first-order valence-corrected chi connectivity index (χ1v) is 9.17. The van der Waals surface area contributed by atoms with Gasteiger partial charge >= 0.3 is 0 Å². The van der Waals surface area contributed by atoms with Crippen LogP contribution >= 0.6 is 0 Å². The third kappa shape index (κ3) is 4.64. The molecule has 1 aromatic rings. The van der Waals surface area contributed by atoms with Gasteiger partial charge < -0.3 is 30.0 Å². The molecule has 2 aliphatic rings. The van der Waals surface area contributed by atoms with Gasteiger partial charge in [-0.2, -0.15) is 0 Å². The van der Waals surface area contributed by atoms with Crippen molar-refractivity contribution in [2.45, 2.75) is 37.5 Å². The molecule has 0 spiro atoms. The number of methoxy groups -OCH3 is 2. The van der Waals surface area contributed by atoms with Crippen molar-refractivity contribution in [3.63, 3.8) is 0 Å². The molecule has 6 nitrogen and oxygen atoms in total. The van der Waals surface area contributed by atoms with Crippen molar-refractivity contribution >= 4 is 0 Å². The van der Waals surface area contributed by atoms with Gasteiger partial charge in [0.25, 0.3) is 0 Å². The molecule has 1 aromatic carbocycles. The Morgan fingerprint density at radius 3 is 2.64 bits per heavy atom. The van der Waals surface area contributed by atoms with E-state index >= 15 is 0 Å². The minimum atomic E-state index is -0.596. The SMILES string of the molecule is COc1cc(OC)cc(C(O)CNC2CCCC2C2COCCN2)c1. The highest BCUT2D eigenvalue weighted by molar-refractivity contribution is 5.39. The van der Waals surface area contributed by atoms with Gasteiger partial charge in [0, 0.05) is 31.2 Å². The minimum Gasteiger partial charge on any atom is -0.497 e. The van der Waals surface area contributed by atoms with Gasteiger partial charge in [0.2, 0.25) is 0 Å². The highest BCUT2D eigenvalue weighted by Gasteiger charge is 2.34. The Balaban J connectivity index is 1.58. The zero-order valence-corrected chi connectivity index (χ0v) is 15.2. The molecule has 4 unspecified atom stereocenters. The molecule has 1 aliphatic heterocycles. The van der Waals surface area contributed by atoms with Gasteiger partial charge in [0.15, 0.2) is 0 Å². The molecule has 1 saturated carbocycles. The third-order valence-corrected chi connectivity index (χ3v) is 5.37. The van der Waals surface area contributed by atoms with Gasteiger partial charge in [-0.3, -0.25) is 0 Å². The van der Waals surface area contributed by atoms with Gasteiger partial charge in [-0.15, -0.1) is 0 Å². The number of ether oxygens (including phenoxy) is 3. The molecule has 0 bridgehead atoms. The number of aliphatic hydroxyl groups excluding tert-OH is 1. The van der Waals surface area contributed by atoms with E-state index in [0.717, 1.165) is 31.7 Å². The van der Waals surface area contributed by atoms with E-state index in [1.807, 2.05) is 18.2 Å². The fraction of sp³-hybridized carbons (Fsp3) is 0.684. The number of hydrogen-bond donors (Lipinski definition) is 3. The van der Waals surface area contributed by atoms with Crippen molar-refractivity contribution in [3.8, 4) is 11.5 Å². The summed E-state index contributed by atoms with van der Waals surface area (Å²) < 4.78 is 16.2. The maximum Gasteiger partial charge on any atom is 0.122 e. The number of aliphatic hydroxyl groups is 1. The molecular formula is C19H30N2O4. The van der Waals surface area contributed by atoms with E-state index in [-0.39, 0.29) is 0 Å². The topological polar surface area (TPSA) is 72.0 Å². The van der Waals surface area contributed by atoms with E-state index in [1.165, 1.54) is 12.8 Å². The summed E-state index contributed by atoms with van der Waals surface area (Å²) in [6, 6.07) is 6.37. The van der Waals surface area contributed by atoms with Crippen molar-refractivity contribution in [1.82, 2.24) is 10.6 Å². The quantitative estimate of drug-likeness (QED) is 0.692. The van der Waals surface area contributed by atoms with E-state index in [1.54, 1.807) is 14.2 Å². The molecule has 2 fully saturated rings. The average Bonchev–Trinajstić information content (AvgIpc) is 3.14. The molecule has 1 heterocycles. The zero-order chi connectivity index (χ0) is 17.6. The van der Waals surface area contributed by atoms with Crippen LogP contribution in [0, 0.1) is 5.92 Å². The van der Waals surface area contributed by atoms with Gasteiger partial charge in [0.1, 0.15) is 11.5 Å². The molecule has 4 atom stereocenters. The zero-order valence-electron chi connectivity index (χ0n) is 15.2. The highest BCUT2D eigenvalue weighted by Crippen LogP contribution is 2.30. The summed E-state index contributed by atoms with van der Waals surface area (Å²) in [5.41, 5.74) is 0.803. The Hall–Kier alpha value is -1.34. The van der Waals surface area contributed by atoms with E-state index < -0.39 is 6.10 Å². The summed E-state index contributed by atoms with van der Waals surface area (Å²) in [5, 5.41) is 17.8. The van der Waals surface area contributed by atoms with Crippen LogP contribution in [-0.4, -0.2) is 57.7 Å². The van der Waals surface area contributed by atoms with Crippen LogP contribution in [-0.2, 0) is 4.74 Å². The van der Waals surface area contributed by atoms with Gasteiger partial charge in [0.05, 0.1) is 33.5 Å². The minimum absolute atomic E-state index is 0.418. The molecule has 0 amide bonds. The second kappa shape index (κ2) is 8.85. The monoisotopic (exact) mass is 350 g/mol. The van der Waals surface area contributed by atoms with E-state index in [2.05, 4.69) is 10.6 Å². The van der Waals surface area contributed by atoms with Crippen LogP contribution in [0.1, 0.15) is 30.9 Å². The fourth-order valence-electron chi connectivity index (χ4n) is 3.99. The van der Waals surface area contributed by atoms with Crippen LogP contribution in [0.3, 0.4) is 0 Å². The molecule has 0 radical (unpaired) electrons. The lowest BCUT2D eigenvalue weighted by molar-refractivity contribution is 0.0513. The standard InChI is InChI=1S/C19H30N2O4/c1-23-14-8-13(9-15(10-14)24-2)19(22)11-21-17-5-3-4-16(17)18-12-25-7-6-20-18/h8-10,16-22H,3-7,11-12H2,1-2H3. The normalized spacial score (nSPS) is 27.9. The smallest absolute Gasteiger partial charge is 0.122 e. The van der Waals surface area contributed by atoms with Crippen LogP contribution < -0.4 is 20.1 Å². The first-order chi connectivity index (χ1) is 12.2. The van der Waals surface area contributed by atoms with Crippen molar-refractivity contribution in [3.05, 3.63) is 23.8 Å².